The molecule has 1 saturated heterocycles. The molecule has 1 fully saturated rings. The molecule has 2 amide bonds. The predicted molar refractivity (Wildman–Crippen MR) is 92.8 cm³/mol. The number of aliphatic hydroxyl groups is 1. The van der Waals surface area contributed by atoms with Crippen LogP contribution in [0, 0.1) is 5.92 Å². The Labute approximate surface area is 141 Å². The summed E-state index contributed by atoms with van der Waals surface area (Å²) in [6.45, 7) is 5.81. The van der Waals surface area contributed by atoms with Crippen molar-refractivity contribution in [2.75, 3.05) is 25.0 Å². The number of nitrogens with zero attached hydrogens (tertiary/aromatic N) is 1. The zero-order valence-corrected chi connectivity index (χ0v) is 14.6. The van der Waals surface area contributed by atoms with E-state index in [9.17, 15) is 4.79 Å². The summed E-state index contributed by atoms with van der Waals surface area (Å²) in [5, 5.41) is 13.2. The topological polar surface area (TPSA) is 52.6 Å². The van der Waals surface area contributed by atoms with Gasteiger partial charge in [0.15, 0.2) is 0 Å². The molecule has 0 saturated carbocycles. The quantitative estimate of drug-likeness (QED) is 0.811. The van der Waals surface area contributed by atoms with Crippen molar-refractivity contribution in [3.63, 3.8) is 0 Å². The number of nitrogens with one attached hydrogen (secondary N) is 1. The smallest absolute Gasteiger partial charge is 0.321 e. The molecule has 1 aromatic rings. The largest absolute Gasteiger partial charge is 0.396 e. The lowest BCUT2D eigenvalue weighted by Gasteiger charge is -2.31. The van der Waals surface area contributed by atoms with E-state index in [0.29, 0.717) is 29.3 Å². The first kappa shape index (κ1) is 17.4. The molecule has 1 aromatic carbocycles. The molecule has 2 N–H and O–H groups in total. The van der Waals surface area contributed by atoms with E-state index in [1.807, 2.05) is 12.1 Å². The maximum absolute atomic E-state index is 12.4. The summed E-state index contributed by atoms with van der Waals surface area (Å²) in [6, 6.07) is 5.49. The lowest BCUT2D eigenvalue weighted by molar-refractivity contribution is 0.143. The fourth-order valence-electron chi connectivity index (χ4n) is 2.47. The Morgan fingerprint density at radius 1 is 1.45 bits per heavy atom. The summed E-state index contributed by atoms with van der Waals surface area (Å²) in [7, 11) is 0. The molecule has 1 aliphatic heterocycles. The van der Waals surface area contributed by atoms with E-state index in [0.717, 1.165) is 23.4 Å². The molecule has 0 unspecified atom stereocenters. The van der Waals surface area contributed by atoms with E-state index in [4.69, 9.17) is 16.7 Å². The van der Waals surface area contributed by atoms with Gasteiger partial charge in [-0.15, -0.1) is 11.8 Å². The highest BCUT2D eigenvalue weighted by Gasteiger charge is 2.23. The van der Waals surface area contributed by atoms with E-state index in [-0.39, 0.29) is 12.6 Å². The van der Waals surface area contributed by atoms with Gasteiger partial charge in [-0.3, -0.25) is 0 Å². The van der Waals surface area contributed by atoms with E-state index in [1.165, 1.54) is 0 Å². The molecule has 0 aliphatic carbocycles. The van der Waals surface area contributed by atoms with Gasteiger partial charge in [-0.25, -0.2) is 4.79 Å². The monoisotopic (exact) mass is 342 g/mol. The van der Waals surface area contributed by atoms with Crippen LogP contribution < -0.4 is 5.32 Å². The number of aliphatic hydroxyl groups excluding tert-OH is 1. The normalized spacial score (nSPS) is 16.1. The van der Waals surface area contributed by atoms with Gasteiger partial charge in [0, 0.05) is 34.9 Å². The fraction of sp³-hybridized carbons (Fsp3) is 0.562. The fourth-order valence-corrected chi connectivity index (χ4v) is 3.53. The summed E-state index contributed by atoms with van der Waals surface area (Å²) >= 11 is 7.76. The number of rotatable bonds is 4. The number of carbonyl (C=O) groups excluding carboxylic acids is 1. The van der Waals surface area contributed by atoms with Gasteiger partial charge < -0.3 is 15.3 Å². The van der Waals surface area contributed by atoms with Crippen LogP contribution in [0.2, 0.25) is 5.02 Å². The van der Waals surface area contributed by atoms with Gasteiger partial charge in [0.05, 0.1) is 5.69 Å². The van der Waals surface area contributed by atoms with Crippen molar-refractivity contribution in [3.8, 4) is 0 Å². The maximum Gasteiger partial charge on any atom is 0.321 e. The summed E-state index contributed by atoms with van der Waals surface area (Å²) in [6.07, 6.45) is 1.71. The van der Waals surface area contributed by atoms with Gasteiger partial charge in [-0.2, -0.15) is 0 Å². The van der Waals surface area contributed by atoms with E-state index >= 15 is 0 Å². The van der Waals surface area contributed by atoms with Crippen LogP contribution in [0.25, 0.3) is 0 Å². The second-order valence-electron chi connectivity index (χ2n) is 5.85. The van der Waals surface area contributed by atoms with Crippen LogP contribution in [0.15, 0.2) is 23.1 Å². The Morgan fingerprint density at radius 3 is 2.73 bits per heavy atom. The van der Waals surface area contributed by atoms with Gasteiger partial charge in [0.25, 0.3) is 0 Å². The van der Waals surface area contributed by atoms with Crippen molar-refractivity contribution >= 4 is 35.1 Å². The number of piperidine rings is 1. The molecule has 4 nitrogen and oxygen atoms in total. The van der Waals surface area contributed by atoms with Crippen LogP contribution in [0.4, 0.5) is 10.5 Å². The van der Waals surface area contributed by atoms with Crippen LogP contribution in [0.3, 0.4) is 0 Å². The lowest BCUT2D eigenvalue weighted by Crippen LogP contribution is -2.41. The Morgan fingerprint density at radius 2 is 2.14 bits per heavy atom. The second-order valence-corrected chi connectivity index (χ2v) is 7.91. The van der Waals surface area contributed by atoms with Crippen LogP contribution >= 0.6 is 23.4 Å². The number of amides is 2. The first-order valence-electron chi connectivity index (χ1n) is 7.62. The van der Waals surface area contributed by atoms with E-state index in [2.05, 4.69) is 19.2 Å². The Bertz CT molecular complexity index is 517. The Kier molecular flexibility index (Phi) is 6.41. The number of hydrogen-bond donors (Lipinski definition) is 2. The predicted octanol–water partition coefficient (Wildman–Crippen LogP) is 4.08. The van der Waals surface area contributed by atoms with Crippen molar-refractivity contribution in [1.82, 2.24) is 4.90 Å². The molecule has 2 rings (SSSR count). The van der Waals surface area contributed by atoms with Crippen LogP contribution in [-0.2, 0) is 0 Å². The number of halogens is 1. The SMILES string of the molecule is CC(C)Sc1ccc(Cl)cc1NC(=O)N1CCC(CO)CC1. The van der Waals surface area contributed by atoms with Crippen LogP contribution in [0.5, 0.6) is 0 Å². The van der Waals surface area contributed by atoms with Crippen molar-refractivity contribution in [2.45, 2.75) is 36.8 Å². The molecule has 0 aromatic heterocycles. The third-order valence-corrected chi connectivity index (χ3v) is 5.02. The molecule has 0 radical (unpaired) electrons. The Hall–Kier alpha value is -0.910. The van der Waals surface area contributed by atoms with Crippen molar-refractivity contribution in [1.29, 1.82) is 0 Å². The number of thioether (sulfide) groups is 1. The first-order chi connectivity index (χ1) is 10.5. The molecule has 0 spiro atoms. The average Bonchev–Trinajstić information content (AvgIpc) is 2.49. The highest BCUT2D eigenvalue weighted by Crippen LogP contribution is 2.33. The van der Waals surface area contributed by atoms with Crippen LogP contribution in [-0.4, -0.2) is 41.0 Å². The number of carbonyl (C=O) groups is 1. The standard InChI is InChI=1S/C16H23ClN2O2S/c1-11(2)22-15-4-3-13(17)9-14(15)18-16(21)19-7-5-12(10-20)6-8-19/h3-4,9,11-12,20H,5-8,10H2,1-2H3,(H,18,21). The van der Waals surface area contributed by atoms with Crippen molar-refractivity contribution < 1.29 is 9.90 Å². The number of anilines is 1. The maximum atomic E-state index is 12.4. The van der Waals surface area contributed by atoms with Gasteiger partial charge in [0.1, 0.15) is 0 Å². The van der Waals surface area contributed by atoms with E-state index < -0.39 is 0 Å². The molecular weight excluding hydrogens is 320 g/mol. The van der Waals surface area contributed by atoms with Crippen molar-refractivity contribution in [2.24, 2.45) is 5.92 Å². The highest BCUT2D eigenvalue weighted by atomic mass is 35.5. The molecule has 1 aliphatic rings. The zero-order chi connectivity index (χ0) is 16.1. The van der Waals surface area contributed by atoms with Gasteiger partial charge in [-0.05, 0) is 37.0 Å². The summed E-state index contributed by atoms with van der Waals surface area (Å²) in [5.74, 6) is 0.322. The Balaban J connectivity index is 2.03. The third-order valence-electron chi connectivity index (χ3n) is 3.71. The average molecular weight is 343 g/mol. The first-order valence-corrected chi connectivity index (χ1v) is 8.88. The van der Waals surface area contributed by atoms with Gasteiger partial charge >= 0.3 is 6.03 Å². The van der Waals surface area contributed by atoms with Crippen LogP contribution in [0.1, 0.15) is 26.7 Å². The van der Waals surface area contributed by atoms with Gasteiger partial charge in [-0.1, -0.05) is 25.4 Å². The number of benzene rings is 1. The van der Waals surface area contributed by atoms with E-state index in [1.54, 1.807) is 22.7 Å². The third kappa shape index (κ3) is 4.80. The molecule has 0 atom stereocenters. The number of hydrogen-bond acceptors (Lipinski definition) is 3. The molecular formula is C16H23ClN2O2S. The highest BCUT2D eigenvalue weighted by molar-refractivity contribution is 8.00. The summed E-state index contributed by atoms with van der Waals surface area (Å²) in [4.78, 5) is 15.2. The summed E-state index contributed by atoms with van der Waals surface area (Å²) < 4.78 is 0. The molecule has 6 heteroatoms. The number of likely N-dealkylation sites (tertiary alicyclic amines) is 1. The minimum Gasteiger partial charge on any atom is -0.396 e. The minimum absolute atomic E-state index is 0.0933. The summed E-state index contributed by atoms with van der Waals surface area (Å²) in [5.41, 5.74) is 0.764. The van der Waals surface area contributed by atoms with Gasteiger partial charge in [0.2, 0.25) is 0 Å². The number of urea groups is 1. The minimum atomic E-state index is -0.0933. The zero-order valence-electron chi connectivity index (χ0n) is 13.0. The second kappa shape index (κ2) is 8.09. The molecule has 1 heterocycles. The molecule has 22 heavy (non-hydrogen) atoms. The molecule has 122 valence electrons. The molecule has 0 bridgehead atoms. The lowest BCUT2D eigenvalue weighted by atomic mass is 9.98. The van der Waals surface area contributed by atoms with Crippen molar-refractivity contribution in [3.05, 3.63) is 23.2 Å².